The summed E-state index contributed by atoms with van der Waals surface area (Å²) in [7, 11) is 0. The highest BCUT2D eigenvalue weighted by Gasteiger charge is 2.13. The number of nitrogens with two attached hydrogens (primary N) is 1. The first-order chi connectivity index (χ1) is 8.99. The second-order valence-electron chi connectivity index (χ2n) is 4.13. The predicted octanol–water partition coefficient (Wildman–Crippen LogP) is 3.73. The van der Waals surface area contributed by atoms with Gasteiger partial charge in [0.1, 0.15) is 5.82 Å². The Bertz CT molecular complexity index is 643. The van der Waals surface area contributed by atoms with Crippen molar-refractivity contribution in [2.24, 2.45) is 0 Å². The number of nitrogens with one attached hydrogen (secondary N) is 1. The zero-order valence-electron chi connectivity index (χ0n) is 10.2. The molecule has 0 bridgehead atoms. The molecule has 0 unspecified atom stereocenters. The molecule has 0 aliphatic carbocycles. The average molecular weight is 323 g/mol. The van der Waals surface area contributed by atoms with Gasteiger partial charge in [-0.15, -0.1) is 0 Å². The standard InChI is InChI=1S/C14H12BrFN2O/c1-8-3-2-4-10(13(8)15)14(19)18-12-6-5-9(17)7-11(12)16/h2-7H,17H2,1H3,(H,18,19). The van der Waals surface area contributed by atoms with E-state index in [0.717, 1.165) is 5.56 Å². The number of hydrogen-bond donors (Lipinski definition) is 2. The second-order valence-corrected chi connectivity index (χ2v) is 4.92. The van der Waals surface area contributed by atoms with Crippen molar-refractivity contribution in [2.45, 2.75) is 6.92 Å². The van der Waals surface area contributed by atoms with Gasteiger partial charge in [0.2, 0.25) is 0 Å². The van der Waals surface area contributed by atoms with Crippen LogP contribution in [0.3, 0.4) is 0 Å². The summed E-state index contributed by atoms with van der Waals surface area (Å²) < 4.78 is 14.3. The highest BCUT2D eigenvalue weighted by molar-refractivity contribution is 9.10. The number of amides is 1. The molecule has 2 rings (SSSR count). The van der Waals surface area contributed by atoms with Crippen LogP contribution < -0.4 is 11.1 Å². The lowest BCUT2D eigenvalue weighted by Gasteiger charge is -2.09. The number of nitrogen functional groups attached to an aromatic ring is 1. The fourth-order valence-corrected chi connectivity index (χ4v) is 2.09. The molecule has 0 saturated carbocycles. The van der Waals surface area contributed by atoms with Gasteiger partial charge in [0.15, 0.2) is 0 Å². The molecule has 98 valence electrons. The van der Waals surface area contributed by atoms with Crippen molar-refractivity contribution in [1.29, 1.82) is 0 Å². The van der Waals surface area contributed by atoms with E-state index in [9.17, 15) is 9.18 Å². The van der Waals surface area contributed by atoms with Crippen molar-refractivity contribution >= 4 is 33.2 Å². The van der Waals surface area contributed by atoms with E-state index in [1.807, 2.05) is 13.0 Å². The molecular weight excluding hydrogens is 311 g/mol. The molecule has 2 aromatic rings. The summed E-state index contributed by atoms with van der Waals surface area (Å²) in [5, 5.41) is 2.52. The molecule has 0 atom stereocenters. The minimum atomic E-state index is -0.558. The molecule has 3 N–H and O–H groups in total. The van der Waals surface area contributed by atoms with Crippen LogP contribution in [0.25, 0.3) is 0 Å². The number of rotatable bonds is 2. The van der Waals surface area contributed by atoms with Gasteiger partial charge < -0.3 is 11.1 Å². The van der Waals surface area contributed by atoms with E-state index in [-0.39, 0.29) is 11.6 Å². The summed E-state index contributed by atoms with van der Waals surface area (Å²) >= 11 is 3.35. The van der Waals surface area contributed by atoms with Crippen LogP contribution in [0.2, 0.25) is 0 Å². The third kappa shape index (κ3) is 2.93. The van der Waals surface area contributed by atoms with E-state index in [0.29, 0.717) is 15.7 Å². The van der Waals surface area contributed by atoms with Gasteiger partial charge in [-0.3, -0.25) is 4.79 Å². The molecule has 0 aliphatic rings. The largest absolute Gasteiger partial charge is 0.399 e. The molecular formula is C14H12BrFN2O. The number of carbonyl (C=O) groups is 1. The molecule has 0 saturated heterocycles. The highest BCUT2D eigenvalue weighted by atomic mass is 79.9. The lowest BCUT2D eigenvalue weighted by atomic mass is 10.1. The van der Waals surface area contributed by atoms with Crippen molar-refractivity contribution in [3.8, 4) is 0 Å². The van der Waals surface area contributed by atoms with Gasteiger partial charge in [-0.25, -0.2) is 4.39 Å². The van der Waals surface area contributed by atoms with Crippen molar-refractivity contribution in [3.05, 3.63) is 57.8 Å². The second kappa shape index (κ2) is 5.40. The van der Waals surface area contributed by atoms with Crippen LogP contribution in [0, 0.1) is 12.7 Å². The summed E-state index contributed by atoms with van der Waals surface area (Å²) in [5.74, 6) is -0.934. The van der Waals surface area contributed by atoms with E-state index in [4.69, 9.17) is 5.73 Å². The van der Waals surface area contributed by atoms with Gasteiger partial charge in [0.25, 0.3) is 5.91 Å². The van der Waals surface area contributed by atoms with E-state index in [2.05, 4.69) is 21.2 Å². The first-order valence-electron chi connectivity index (χ1n) is 5.60. The summed E-state index contributed by atoms with van der Waals surface area (Å²) in [5.41, 5.74) is 7.26. The molecule has 0 heterocycles. The summed E-state index contributed by atoms with van der Waals surface area (Å²) in [6.45, 7) is 1.88. The van der Waals surface area contributed by atoms with E-state index in [1.165, 1.54) is 18.2 Å². The zero-order valence-corrected chi connectivity index (χ0v) is 11.8. The fraction of sp³-hybridized carbons (Fsp3) is 0.0714. The van der Waals surface area contributed by atoms with Crippen LogP contribution >= 0.6 is 15.9 Å². The fourth-order valence-electron chi connectivity index (χ4n) is 1.65. The number of anilines is 2. The van der Waals surface area contributed by atoms with Crippen LogP contribution in [-0.2, 0) is 0 Å². The molecule has 3 nitrogen and oxygen atoms in total. The van der Waals surface area contributed by atoms with E-state index >= 15 is 0 Å². The van der Waals surface area contributed by atoms with E-state index < -0.39 is 5.82 Å². The summed E-state index contributed by atoms with van der Waals surface area (Å²) in [6.07, 6.45) is 0. The van der Waals surface area contributed by atoms with Gasteiger partial charge in [-0.2, -0.15) is 0 Å². The van der Waals surface area contributed by atoms with Crippen LogP contribution in [0.5, 0.6) is 0 Å². The normalized spacial score (nSPS) is 10.3. The van der Waals surface area contributed by atoms with Gasteiger partial charge in [-0.05, 0) is 52.7 Å². The van der Waals surface area contributed by atoms with Crippen molar-refractivity contribution in [1.82, 2.24) is 0 Å². The Kier molecular flexibility index (Phi) is 3.85. The van der Waals surface area contributed by atoms with Crippen molar-refractivity contribution in [2.75, 3.05) is 11.1 Å². The number of carbonyl (C=O) groups excluding carboxylic acids is 1. The Balaban J connectivity index is 2.28. The maximum absolute atomic E-state index is 13.6. The maximum atomic E-state index is 13.6. The third-order valence-electron chi connectivity index (χ3n) is 2.68. The molecule has 19 heavy (non-hydrogen) atoms. The summed E-state index contributed by atoms with van der Waals surface area (Å²) in [4.78, 5) is 12.1. The van der Waals surface area contributed by atoms with Gasteiger partial charge >= 0.3 is 0 Å². The SMILES string of the molecule is Cc1cccc(C(=O)Nc2ccc(N)cc2F)c1Br. The molecule has 2 aromatic carbocycles. The van der Waals surface area contributed by atoms with Gasteiger partial charge in [0, 0.05) is 10.2 Å². The number of hydrogen-bond acceptors (Lipinski definition) is 2. The Morgan fingerprint density at radius 2 is 2.05 bits per heavy atom. The summed E-state index contributed by atoms with van der Waals surface area (Å²) in [6, 6.07) is 9.46. The monoisotopic (exact) mass is 322 g/mol. The lowest BCUT2D eigenvalue weighted by Crippen LogP contribution is -2.14. The van der Waals surface area contributed by atoms with Gasteiger partial charge in [-0.1, -0.05) is 12.1 Å². The Hall–Kier alpha value is -1.88. The molecule has 0 aliphatic heterocycles. The number of halogens is 2. The van der Waals surface area contributed by atoms with Crippen molar-refractivity contribution < 1.29 is 9.18 Å². The lowest BCUT2D eigenvalue weighted by molar-refractivity contribution is 0.102. The molecule has 0 fully saturated rings. The molecule has 1 amide bonds. The first kappa shape index (κ1) is 13.5. The third-order valence-corrected chi connectivity index (χ3v) is 3.73. The molecule has 0 spiro atoms. The molecule has 0 radical (unpaired) electrons. The number of aryl methyl sites for hydroxylation is 1. The van der Waals surface area contributed by atoms with Gasteiger partial charge in [0.05, 0.1) is 11.3 Å². The quantitative estimate of drug-likeness (QED) is 0.828. The topological polar surface area (TPSA) is 55.1 Å². The smallest absolute Gasteiger partial charge is 0.256 e. The first-order valence-corrected chi connectivity index (χ1v) is 6.40. The minimum absolute atomic E-state index is 0.104. The molecule has 5 heteroatoms. The van der Waals surface area contributed by atoms with Crippen LogP contribution in [0.1, 0.15) is 15.9 Å². The van der Waals surface area contributed by atoms with Crippen LogP contribution in [0.4, 0.5) is 15.8 Å². The average Bonchev–Trinajstić information content (AvgIpc) is 2.36. The highest BCUT2D eigenvalue weighted by Crippen LogP contribution is 2.23. The Morgan fingerprint density at radius 1 is 1.32 bits per heavy atom. The molecule has 0 aromatic heterocycles. The van der Waals surface area contributed by atoms with Crippen LogP contribution in [-0.4, -0.2) is 5.91 Å². The van der Waals surface area contributed by atoms with E-state index in [1.54, 1.807) is 12.1 Å². The zero-order chi connectivity index (χ0) is 14.0. The minimum Gasteiger partial charge on any atom is -0.399 e. The van der Waals surface area contributed by atoms with Crippen LogP contribution in [0.15, 0.2) is 40.9 Å². The number of benzene rings is 2. The Morgan fingerprint density at radius 3 is 2.74 bits per heavy atom. The predicted molar refractivity (Wildman–Crippen MR) is 77.6 cm³/mol. The maximum Gasteiger partial charge on any atom is 0.256 e. The Labute approximate surface area is 118 Å². The van der Waals surface area contributed by atoms with Crippen molar-refractivity contribution in [3.63, 3.8) is 0 Å².